The number of nitrogens with two attached hydrogens (primary N) is 1. The average Bonchev–Trinajstić information content (AvgIpc) is 2.39. The Morgan fingerprint density at radius 3 is 3.00 bits per heavy atom. The Morgan fingerprint density at radius 2 is 2.39 bits per heavy atom. The number of nitrogens with zero attached hydrogens (tertiary/aromatic N) is 1. The highest BCUT2D eigenvalue weighted by atomic mass is 16.5. The molecule has 6 heteroatoms. The number of carbonyl (C=O) groups excluding carboxylic acids is 1. The van der Waals surface area contributed by atoms with Crippen molar-refractivity contribution >= 4 is 11.7 Å². The number of aromatic nitrogens is 1. The lowest BCUT2D eigenvalue weighted by atomic mass is 10.1. The van der Waals surface area contributed by atoms with Crippen molar-refractivity contribution in [3.63, 3.8) is 0 Å². The highest BCUT2D eigenvalue weighted by molar-refractivity contribution is 5.94. The molecule has 0 radical (unpaired) electrons. The predicted octanol–water partition coefficient (Wildman–Crippen LogP) is 0.912. The van der Waals surface area contributed by atoms with Crippen LogP contribution in [0.1, 0.15) is 30.1 Å². The number of pyridine rings is 1. The van der Waals surface area contributed by atoms with Crippen LogP contribution in [0.15, 0.2) is 18.3 Å². The van der Waals surface area contributed by atoms with Gasteiger partial charge in [-0.1, -0.05) is 13.3 Å². The molecule has 1 amide bonds. The minimum Gasteiger partial charge on any atom is -0.383 e. The van der Waals surface area contributed by atoms with Gasteiger partial charge in [-0.2, -0.15) is 0 Å². The molecule has 0 aromatic carbocycles. The van der Waals surface area contributed by atoms with Gasteiger partial charge in [0.2, 0.25) is 0 Å². The summed E-state index contributed by atoms with van der Waals surface area (Å²) in [5, 5.41) is 2.93. The van der Waals surface area contributed by atoms with E-state index in [4.69, 9.17) is 10.6 Å². The number of nitrogens with one attached hydrogen (secondary N) is 2. The standard InChI is InChI=1S/C12H20N4O2/c1-3-4-10(8-18-2)15-12(17)9-5-6-14-11(7-9)16-13/h5-7,10H,3-4,8,13H2,1-2H3,(H,14,16)(H,15,17). The highest BCUT2D eigenvalue weighted by Crippen LogP contribution is 2.06. The Labute approximate surface area is 107 Å². The van der Waals surface area contributed by atoms with Gasteiger partial charge >= 0.3 is 0 Å². The van der Waals surface area contributed by atoms with Crippen molar-refractivity contribution in [2.45, 2.75) is 25.8 Å². The molecule has 0 spiro atoms. The first-order valence-electron chi connectivity index (χ1n) is 5.93. The van der Waals surface area contributed by atoms with Crippen LogP contribution in [0.3, 0.4) is 0 Å². The zero-order valence-electron chi connectivity index (χ0n) is 10.8. The van der Waals surface area contributed by atoms with Crippen LogP contribution in [0.2, 0.25) is 0 Å². The van der Waals surface area contributed by atoms with E-state index in [1.165, 1.54) is 6.20 Å². The van der Waals surface area contributed by atoms with Crippen molar-refractivity contribution in [3.05, 3.63) is 23.9 Å². The van der Waals surface area contributed by atoms with Crippen molar-refractivity contribution in [1.82, 2.24) is 10.3 Å². The van der Waals surface area contributed by atoms with Crippen LogP contribution in [-0.4, -0.2) is 30.6 Å². The molecule has 1 aromatic heterocycles. The summed E-state index contributed by atoms with van der Waals surface area (Å²) in [6.45, 7) is 2.57. The summed E-state index contributed by atoms with van der Waals surface area (Å²) in [5.41, 5.74) is 2.93. The Morgan fingerprint density at radius 1 is 1.61 bits per heavy atom. The van der Waals surface area contributed by atoms with Crippen molar-refractivity contribution in [2.75, 3.05) is 19.1 Å². The van der Waals surface area contributed by atoms with Crippen molar-refractivity contribution in [3.8, 4) is 0 Å². The fourth-order valence-corrected chi connectivity index (χ4v) is 1.67. The zero-order valence-corrected chi connectivity index (χ0v) is 10.8. The van der Waals surface area contributed by atoms with E-state index < -0.39 is 0 Å². The van der Waals surface area contributed by atoms with Gasteiger partial charge in [-0.05, 0) is 18.6 Å². The molecule has 100 valence electrons. The maximum Gasteiger partial charge on any atom is 0.251 e. The van der Waals surface area contributed by atoms with E-state index in [9.17, 15) is 4.79 Å². The van der Waals surface area contributed by atoms with Gasteiger partial charge in [0.15, 0.2) is 0 Å². The third-order valence-electron chi connectivity index (χ3n) is 2.51. The monoisotopic (exact) mass is 252 g/mol. The maximum absolute atomic E-state index is 12.0. The summed E-state index contributed by atoms with van der Waals surface area (Å²) >= 11 is 0. The van der Waals surface area contributed by atoms with Gasteiger partial charge in [0.1, 0.15) is 5.82 Å². The van der Waals surface area contributed by atoms with Gasteiger partial charge < -0.3 is 15.5 Å². The lowest BCUT2D eigenvalue weighted by molar-refractivity contribution is 0.0891. The minimum absolute atomic E-state index is 0.0231. The molecule has 0 fully saturated rings. The summed E-state index contributed by atoms with van der Waals surface area (Å²) in [6.07, 6.45) is 3.40. The number of carbonyl (C=O) groups is 1. The third kappa shape index (κ3) is 4.31. The predicted molar refractivity (Wildman–Crippen MR) is 70.1 cm³/mol. The van der Waals surface area contributed by atoms with E-state index in [2.05, 4.69) is 22.7 Å². The second kappa shape index (κ2) is 7.62. The number of hydrogen-bond acceptors (Lipinski definition) is 5. The van der Waals surface area contributed by atoms with Crippen molar-refractivity contribution < 1.29 is 9.53 Å². The van der Waals surface area contributed by atoms with Gasteiger partial charge in [-0.15, -0.1) is 0 Å². The molecular weight excluding hydrogens is 232 g/mol. The maximum atomic E-state index is 12.0. The molecule has 0 aliphatic rings. The Bertz CT molecular complexity index is 378. The molecule has 6 nitrogen and oxygen atoms in total. The molecular formula is C12H20N4O2. The first kappa shape index (κ1) is 14.4. The second-order valence-corrected chi connectivity index (χ2v) is 3.99. The number of nitrogen functional groups attached to an aromatic ring is 1. The molecule has 1 heterocycles. The van der Waals surface area contributed by atoms with Gasteiger partial charge in [0.05, 0.1) is 12.6 Å². The Kier molecular flexibility index (Phi) is 6.10. The number of amides is 1. The Balaban J connectivity index is 2.67. The summed E-state index contributed by atoms with van der Waals surface area (Å²) in [5.74, 6) is 5.56. The third-order valence-corrected chi connectivity index (χ3v) is 2.51. The lowest BCUT2D eigenvalue weighted by Gasteiger charge is -2.17. The molecule has 18 heavy (non-hydrogen) atoms. The van der Waals surface area contributed by atoms with E-state index in [1.54, 1.807) is 19.2 Å². The topological polar surface area (TPSA) is 89.3 Å². The molecule has 0 bridgehead atoms. The van der Waals surface area contributed by atoms with Gasteiger partial charge in [-0.3, -0.25) is 4.79 Å². The van der Waals surface area contributed by atoms with E-state index in [0.717, 1.165) is 12.8 Å². The number of anilines is 1. The molecule has 0 aliphatic carbocycles. The van der Waals surface area contributed by atoms with Crippen LogP contribution in [-0.2, 0) is 4.74 Å². The van der Waals surface area contributed by atoms with E-state index in [0.29, 0.717) is 18.0 Å². The quantitative estimate of drug-likeness (QED) is 0.496. The summed E-state index contributed by atoms with van der Waals surface area (Å²) in [4.78, 5) is 16.0. The van der Waals surface area contributed by atoms with Crippen LogP contribution < -0.4 is 16.6 Å². The first-order valence-corrected chi connectivity index (χ1v) is 5.93. The van der Waals surface area contributed by atoms with Crippen LogP contribution >= 0.6 is 0 Å². The zero-order chi connectivity index (χ0) is 13.4. The van der Waals surface area contributed by atoms with Crippen molar-refractivity contribution in [2.24, 2.45) is 5.84 Å². The number of hydrogen-bond donors (Lipinski definition) is 3. The van der Waals surface area contributed by atoms with Crippen LogP contribution in [0.5, 0.6) is 0 Å². The molecule has 0 saturated heterocycles. The molecule has 1 rings (SSSR count). The number of methoxy groups -OCH3 is 1. The lowest BCUT2D eigenvalue weighted by Crippen LogP contribution is -2.38. The average molecular weight is 252 g/mol. The second-order valence-electron chi connectivity index (χ2n) is 3.99. The fourth-order valence-electron chi connectivity index (χ4n) is 1.67. The SMILES string of the molecule is CCCC(COC)NC(=O)c1ccnc(NN)c1. The molecule has 1 unspecified atom stereocenters. The minimum atomic E-state index is -0.149. The van der Waals surface area contributed by atoms with Gasteiger partial charge in [0.25, 0.3) is 5.91 Å². The van der Waals surface area contributed by atoms with Crippen LogP contribution in [0, 0.1) is 0 Å². The number of ether oxygens (including phenoxy) is 1. The van der Waals surface area contributed by atoms with E-state index in [-0.39, 0.29) is 11.9 Å². The summed E-state index contributed by atoms with van der Waals surface area (Å²) in [6, 6.07) is 3.27. The highest BCUT2D eigenvalue weighted by Gasteiger charge is 2.13. The molecule has 0 saturated carbocycles. The summed E-state index contributed by atoms with van der Waals surface area (Å²) in [7, 11) is 1.62. The van der Waals surface area contributed by atoms with Crippen LogP contribution in [0.25, 0.3) is 0 Å². The Hall–Kier alpha value is -1.66. The smallest absolute Gasteiger partial charge is 0.251 e. The summed E-state index contributed by atoms with van der Waals surface area (Å²) < 4.78 is 5.08. The fraction of sp³-hybridized carbons (Fsp3) is 0.500. The molecule has 0 aliphatic heterocycles. The largest absolute Gasteiger partial charge is 0.383 e. The normalized spacial score (nSPS) is 11.9. The van der Waals surface area contributed by atoms with Gasteiger partial charge in [0, 0.05) is 18.9 Å². The van der Waals surface area contributed by atoms with E-state index >= 15 is 0 Å². The molecule has 1 atom stereocenters. The molecule has 4 N–H and O–H groups in total. The van der Waals surface area contributed by atoms with E-state index in [1.807, 2.05) is 0 Å². The van der Waals surface area contributed by atoms with Gasteiger partial charge in [-0.25, -0.2) is 10.8 Å². The van der Waals surface area contributed by atoms with Crippen LogP contribution in [0.4, 0.5) is 5.82 Å². The number of rotatable bonds is 7. The number of hydrazine groups is 1. The van der Waals surface area contributed by atoms with Crippen molar-refractivity contribution in [1.29, 1.82) is 0 Å². The first-order chi connectivity index (χ1) is 8.71. The molecule has 1 aromatic rings.